The van der Waals surface area contributed by atoms with Crippen molar-refractivity contribution in [2.24, 2.45) is 0 Å². The van der Waals surface area contributed by atoms with Gasteiger partial charge in [-0.25, -0.2) is 0 Å². The van der Waals surface area contributed by atoms with E-state index in [0.717, 1.165) is 37.2 Å². The minimum absolute atomic E-state index is 0.0653. The van der Waals surface area contributed by atoms with E-state index in [1.54, 1.807) is 12.0 Å². The molecule has 0 aliphatic carbocycles. The van der Waals surface area contributed by atoms with Crippen LogP contribution in [0.4, 0.5) is 0 Å². The number of piperidine rings is 1. The van der Waals surface area contributed by atoms with Crippen LogP contribution in [0.15, 0.2) is 18.2 Å². The molecule has 1 aromatic carbocycles. The SMILES string of the molecule is COC1(CCNCc2cccc3c2CN(C2CCC(=O)NC2=O)C3=O)CNC1. The summed E-state index contributed by atoms with van der Waals surface area (Å²) in [5.74, 6) is -0.785. The number of carbonyl (C=O) groups is 3. The van der Waals surface area contributed by atoms with Crippen molar-refractivity contribution in [1.82, 2.24) is 20.9 Å². The van der Waals surface area contributed by atoms with Gasteiger partial charge >= 0.3 is 0 Å². The number of nitrogens with zero attached hydrogens (tertiary/aromatic N) is 1. The molecule has 2 fully saturated rings. The largest absolute Gasteiger partial charge is 0.376 e. The van der Waals surface area contributed by atoms with E-state index in [4.69, 9.17) is 4.74 Å². The van der Waals surface area contributed by atoms with E-state index in [2.05, 4.69) is 16.0 Å². The highest BCUT2D eigenvalue weighted by atomic mass is 16.5. The van der Waals surface area contributed by atoms with Crippen LogP contribution in [0.1, 0.15) is 40.7 Å². The zero-order chi connectivity index (χ0) is 19.7. The Hall–Kier alpha value is -2.29. The maximum Gasteiger partial charge on any atom is 0.255 e. The molecule has 3 aliphatic rings. The highest BCUT2D eigenvalue weighted by Crippen LogP contribution is 2.30. The molecule has 28 heavy (non-hydrogen) atoms. The molecule has 2 saturated heterocycles. The van der Waals surface area contributed by atoms with E-state index in [1.807, 2.05) is 18.2 Å². The van der Waals surface area contributed by atoms with Gasteiger partial charge in [-0.2, -0.15) is 0 Å². The van der Waals surface area contributed by atoms with E-state index >= 15 is 0 Å². The first-order valence-electron chi connectivity index (χ1n) is 9.75. The number of carbonyl (C=O) groups excluding carboxylic acids is 3. The normalized spacial score (nSPS) is 23.4. The molecule has 1 unspecified atom stereocenters. The van der Waals surface area contributed by atoms with Gasteiger partial charge in [-0.3, -0.25) is 19.7 Å². The summed E-state index contributed by atoms with van der Waals surface area (Å²) < 4.78 is 5.60. The number of nitrogens with one attached hydrogen (secondary N) is 3. The molecule has 150 valence electrons. The van der Waals surface area contributed by atoms with Crippen molar-refractivity contribution in [2.45, 2.75) is 44.0 Å². The molecule has 0 bridgehead atoms. The summed E-state index contributed by atoms with van der Waals surface area (Å²) in [5, 5.41) is 9.03. The fourth-order valence-corrected chi connectivity index (χ4v) is 4.18. The molecule has 8 nitrogen and oxygen atoms in total. The predicted octanol–water partition coefficient (Wildman–Crippen LogP) is -0.0843. The van der Waals surface area contributed by atoms with Crippen molar-refractivity contribution in [1.29, 1.82) is 0 Å². The van der Waals surface area contributed by atoms with Crippen LogP contribution in [0, 0.1) is 0 Å². The molecular weight excluding hydrogens is 360 g/mol. The van der Waals surface area contributed by atoms with Crippen LogP contribution in [0.3, 0.4) is 0 Å². The summed E-state index contributed by atoms with van der Waals surface area (Å²) in [6, 6.07) is 5.14. The highest BCUT2D eigenvalue weighted by Gasteiger charge is 2.40. The molecule has 0 spiro atoms. The lowest BCUT2D eigenvalue weighted by atomic mass is 9.92. The van der Waals surface area contributed by atoms with Gasteiger partial charge in [0.2, 0.25) is 11.8 Å². The van der Waals surface area contributed by atoms with Crippen molar-refractivity contribution < 1.29 is 19.1 Å². The maximum atomic E-state index is 12.8. The number of hydrogen-bond donors (Lipinski definition) is 3. The zero-order valence-electron chi connectivity index (χ0n) is 16.0. The molecule has 3 heterocycles. The molecule has 3 N–H and O–H groups in total. The Kier molecular flexibility index (Phi) is 5.18. The Balaban J connectivity index is 1.40. The van der Waals surface area contributed by atoms with E-state index in [9.17, 15) is 14.4 Å². The second-order valence-corrected chi connectivity index (χ2v) is 7.76. The van der Waals surface area contributed by atoms with Gasteiger partial charge in [-0.1, -0.05) is 12.1 Å². The standard InChI is InChI=1S/C20H26N4O4/c1-28-20(11-22-12-20)7-8-21-9-13-3-2-4-14-15(13)10-24(19(14)27)16-5-6-17(25)23-18(16)26/h2-4,16,21-22H,5-12H2,1H3,(H,23,25,26). The first kappa shape index (κ1) is 19.0. The Morgan fingerprint density at radius 2 is 2.11 bits per heavy atom. The van der Waals surface area contributed by atoms with Gasteiger partial charge in [0, 0.05) is 45.3 Å². The van der Waals surface area contributed by atoms with Crippen molar-refractivity contribution in [3.05, 3.63) is 34.9 Å². The number of ether oxygens (including phenoxy) is 1. The lowest BCUT2D eigenvalue weighted by molar-refractivity contribution is -0.136. The maximum absolute atomic E-state index is 12.8. The van der Waals surface area contributed by atoms with Gasteiger partial charge in [0.05, 0.1) is 5.60 Å². The number of hydrogen-bond acceptors (Lipinski definition) is 6. The molecule has 0 aromatic heterocycles. The molecule has 1 atom stereocenters. The summed E-state index contributed by atoms with van der Waals surface area (Å²) in [5.41, 5.74) is 2.63. The number of imide groups is 1. The number of rotatable bonds is 7. The molecule has 0 saturated carbocycles. The monoisotopic (exact) mass is 386 g/mol. The molecular formula is C20H26N4O4. The van der Waals surface area contributed by atoms with Crippen LogP contribution in [-0.4, -0.2) is 61.0 Å². The van der Waals surface area contributed by atoms with Crippen LogP contribution in [0.2, 0.25) is 0 Å². The summed E-state index contributed by atoms with van der Waals surface area (Å²) in [7, 11) is 1.75. The number of amides is 3. The molecule has 4 rings (SSSR count). The summed E-state index contributed by atoms with van der Waals surface area (Å²) in [6.45, 7) is 3.64. The zero-order valence-corrected chi connectivity index (χ0v) is 16.0. The summed E-state index contributed by atoms with van der Waals surface area (Å²) in [6.07, 6.45) is 1.57. The predicted molar refractivity (Wildman–Crippen MR) is 101 cm³/mol. The highest BCUT2D eigenvalue weighted by molar-refractivity contribution is 6.05. The average molecular weight is 386 g/mol. The first-order valence-corrected chi connectivity index (χ1v) is 9.75. The fourth-order valence-electron chi connectivity index (χ4n) is 4.18. The smallest absolute Gasteiger partial charge is 0.255 e. The molecule has 0 radical (unpaired) electrons. The second-order valence-electron chi connectivity index (χ2n) is 7.76. The Labute approximate surface area is 164 Å². The molecule has 3 aliphatic heterocycles. The minimum atomic E-state index is -0.578. The van der Waals surface area contributed by atoms with Crippen LogP contribution < -0.4 is 16.0 Å². The van der Waals surface area contributed by atoms with Gasteiger partial charge in [0.15, 0.2) is 0 Å². The van der Waals surface area contributed by atoms with Crippen molar-refractivity contribution in [3.8, 4) is 0 Å². The van der Waals surface area contributed by atoms with Crippen LogP contribution >= 0.6 is 0 Å². The van der Waals surface area contributed by atoms with Crippen LogP contribution in [0.5, 0.6) is 0 Å². The lowest BCUT2D eigenvalue weighted by Gasteiger charge is -2.41. The number of benzene rings is 1. The van der Waals surface area contributed by atoms with Crippen LogP contribution in [-0.2, 0) is 27.4 Å². The summed E-state index contributed by atoms with van der Waals surface area (Å²) >= 11 is 0. The first-order chi connectivity index (χ1) is 13.5. The van der Waals surface area contributed by atoms with Gasteiger partial charge in [-0.15, -0.1) is 0 Å². The van der Waals surface area contributed by atoms with Gasteiger partial charge in [-0.05, 0) is 36.6 Å². The molecule has 3 amide bonds. The number of fused-ring (bicyclic) bond motifs is 1. The number of methoxy groups -OCH3 is 1. The Bertz CT molecular complexity index is 800. The quantitative estimate of drug-likeness (QED) is 0.448. The third-order valence-corrected chi connectivity index (χ3v) is 6.08. The minimum Gasteiger partial charge on any atom is -0.376 e. The van der Waals surface area contributed by atoms with Crippen molar-refractivity contribution in [2.75, 3.05) is 26.7 Å². The molecule has 8 heteroatoms. The third-order valence-electron chi connectivity index (χ3n) is 6.08. The van der Waals surface area contributed by atoms with Gasteiger partial charge in [0.25, 0.3) is 5.91 Å². The average Bonchev–Trinajstić information content (AvgIpc) is 2.98. The van der Waals surface area contributed by atoms with E-state index in [0.29, 0.717) is 25.1 Å². The Morgan fingerprint density at radius 1 is 1.29 bits per heavy atom. The summed E-state index contributed by atoms with van der Waals surface area (Å²) in [4.78, 5) is 38.0. The van der Waals surface area contributed by atoms with Gasteiger partial charge in [0.1, 0.15) is 6.04 Å². The van der Waals surface area contributed by atoms with Crippen molar-refractivity contribution >= 4 is 17.7 Å². The van der Waals surface area contributed by atoms with Crippen molar-refractivity contribution in [3.63, 3.8) is 0 Å². The molecule has 1 aromatic rings. The topological polar surface area (TPSA) is 99.8 Å². The Morgan fingerprint density at radius 3 is 2.79 bits per heavy atom. The van der Waals surface area contributed by atoms with E-state index < -0.39 is 6.04 Å². The third kappa shape index (κ3) is 3.43. The fraction of sp³-hybridized carbons (Fsp3) is 0.550. The van der Waals surface area contributed by atoms with E-state index in [1.165, 1.54) is 0 Å². The van der Waals surface area contributed by atoms with E-state index in [-0.39, 0.29) is 29.7 Å². The van der Waals surface area contributed by atoms with Crippen LogP contribution in [0.25, 0.3) is 0 Å². The lowest BCUT2D eigenvalue weighted by Crippen LogP contribution is -2.61. The van der Waals surface area contributed by atoms with Gasteiger partial charge < -0.3 is 20.3 Å². The second kappa shape index (κ2) is 7.62.